The van der Waals surface area contributed by atoms with Gasteiger partial charge in [-0.3, -0.25) is 9.67 Å². The molecule has 0 saturated carbocycles. The van der Waals surface area contributed by atoms with Crippen LogP contribution in [0, 0.1) is 13.8 Å². The fraction of sp³-hybridized carbons (Fsp3) is 0.450. The molecule has 0 aliphatic carbocycles. The molecule has 0 amide bonds. The second kappa shape index (κ2) is 8.12. The standard InChI is InChI=1S/C20H24N6O3/c1-4-29-20(27)18-17-16(9-13(2)10-21-17)26(24-18)11-15-14(3)19(23-12-22-15)25-5-7-28-8-6-25/h9-10,12H,4-8,11H2,1-3H3. The topological polar surface area (TPSA) is 95.3 Å². The Morgan fingerprint density at radius 2 is 2.00 bits per heavy atom. The average Bonchev–Trinajstić information content (AvgIpc) is 3.08. The lowest BCUT2D eigenvalue weighted by atomic mass is 10.2. The highest BCUT2D eigenvalue weighted by atomic mass is 16.5. The van der Waals surface area contributed by atoms with Gasteiger partial charge in [0.1, 0.15) is 17.7 Å². The quantitative estimate of drug-likeness (QED) is 0.604. The predicted molar refractivity (Wildman–Crippen MR) is 107 cm³/mol. The van der Waals surface area contributed by atoms with Crippen LogP contribution in [0.2, 0.25) is 0 Å². The van der Waals surface area contributed by atoms with Gasteiger partial charge in [-0.1, -0.05) is 0 Å². The maximum absolute atomic E-state index is 12.4. The second-order valence-electron chi connectivity index (χ2n) is 6.98. The van der Waals surface area contributed by atoms with Gasteiger partial charge in [-0.15, -0.1) is 0 Å². The van der Waals surface area contributed by atoms with Crippen molar-refractivity contribution in [2.45, 2.75) is 27.3 Å². The molecule has 9 nitrogen and oxygen atoms in total. The van der Waals surface area contributed by atoms with E-state index in [-0.39, 0.29) is 12.3 Å². The van der Waals surface area contributed by atoms with Crippen molar-refractivity contribution in [3.8, 4) is 0 Å². The van der Waals surface area contributed by atoms with Crippen LogP contribution >= 0.6 is 0 Å². The third-order valence-electron chi connectivity index (χ3n) is 4.97. The Hall–Kier alpha value is -3.07. The van der Waals surface area contributed by atoms with E-state index in [1.165, 1.54) is 0 Å². The smallest absolute Gasteiger partial charge is 0.361 e. The van der Waals surface area contributed by atoms with Crippen LogP contribution in [0.5, 0.6) is 0 Å². The molecular weight excluding hydrogens is 372 g/mol. The summed E-state index contributed by atoms with van der Waals surface area (Å²) >= 11 is 0. The monoisotopic (exact) mass is 396 g/mol. The number of rotatable bonds is 5. The van der Waals surface area contributed by atoms with E-state index in [1.807, 2.05) is 19.9 Å². The Kier molecular flexibility index (Phi) is 5.39. The number of hydrogen-bond acceptors (Lipinski definition) is 8. The number of fused-ring (bicyclic) bond motifs is 1. The van der Waals surface area contributed by atoms with Gasteiger partial charge in [0.25, 0.3) is 0 Å². The van der Waals surface area contributed by atoms with E-state index < -0.39 is 5.97 Å². The normalized spacial score (nSPS) is 14.4. The van der Waals surface area contributed by atoms with Crippen LogP contribution < -0.4 is 4.90 Å². The van der Waals surface area contributed by atoms with Crippen LogP contribution in [0.3, 0.4) is 0 Å². The highest BCUT2D eigenvalue weighted by Gasteiger charge is 2.22. The largest absolute Gasteiger partial charge is 0.461 e. The summed E-state index contributed by atoms with van der Waals surface area (Å²) in [6.07, 6.45) is 3.30. The molecule has 0 spiro atoms. The summed E-state index contributed by atoms with van der Waals surface area (Å²) in [5, 5.41) is 4.51. The first-order valence-electron chi connectivity index (χ1n) is 9.72. The summed E-state index contributed by atoms with van der Waals surface area (Å²) in [5.41, 5.74) is 4.37. The number of carbonyl (C=O) groups excluding carboxylic acids is 1. The summed E-state index contributed by atoms with van der Waals surface area (Å²) in [6.45, 7) is 9.43. The molecule has 1 aliphatic rings. The molecule has 1 saturated heterocycles. The van der Waals surface area contributed by atoms with Crippen molar-refractivity contribution < 1.29 is 14.3 Å². The van der Waals surface area contributed by atoms with Crippen LogP contribution in [0.25, 0.3) is 11.0 Å². The van der Waals surface area contributed by atoms with Gasteiger partial charge in [0.05, 0.1) is 37.6 Å². The van der Waals surface area contributed by atoms with Gasteiger partial charge in [-0.05, 0) is 32.4 Å². The molecule has 0 N–H and O–H groups in total. The lowest BCUT2D eigenvalue weighted by Crippen LogP contribution is -2.37. The molecule has 4 rings (SSSR count). The molecule has 152 valence electrons. The zero-order valence-corrected chi connectivity index (χ0v) is 16.9. The molecular formula is C20H24N6O3. The SMILES string of the molecule is CCOC(=O)c1nn(Cc2ncnc(N3CCOCC3)c2C)c2cc(C)cnc12. The number of pyridine rings is 1. The van der Waals surface area contributed by atoms with Gasteiger partial charge >= 0.3 is 5.97 Å². The summed E-state index contributed by atoms with van der Waals surface area (Å²) in [4.78, 5) is 27.9. The first-order chi connectivity index (χ1) is 14.1. The van der Waals surface area contributed by atoms with E-state index in [0.717, 1.165) is 41.2 Å². The third-order valence-corrected chi connectivity index (χ3v) is 4.97. The lowest BCUT2D eigenvalue weighted by Gasteiger charge is -2.29. The van der Waals surface area contributed by atoms with Crippen LogP contribution in [0.15, 0.2) is 18.6 Å². The van der Waals surface area contributed by atoms with Gasteiger partial charge in [-0.25, -0.2) is 14.8 Å². The molecule has 3 aromatic rings. The second-order valence-corrected chi connectivity index (χ2v) is 6.98. The number of carbonyl (C=O) groups is 1. The molecule has 9 heteroatoms. The first kappa shape index (κ1) is 19.3. The Morgan fingerprint density at radius 3 is 2.76 bits per heavy atom. The summed E-state index contributed by atoms with van der Waals surface area (Å²) in [5.74, 6) is 0.440. The number of hydrogen-bond donors (Lipinski definition) is 0. The summed E-state index contributed by atoms with van der Waals surface area (Å²) in [6, 6.07) is 1.97. The van der Waals surface area contributed by atoms with E-state index in [4.69, 9.17) is 9.47 Å². The number of ether oxygens (including phenoxy) is 2. The first-order valence-corrected chi connectivity index (χ1v) is 9.72. The van der Waals surface area contributed by atoms with E-state index >= 15 is 0 Å². The van der Waals surface area contributed by atoms with Crippen molar-refractivity contribution in [1.82, 2.24) is 24.7 Å². The predicted octanol–water partition coefficient (Wildman–Crippen LogP) is 1.90. The fourth-order valence-corrected chi connectivity index (χ4v) is 3.48. The number of morpholine rings is 1. The van der Waals surface area contributed by atoms with Gasteiger partial charge < -0.3 is 14.4 Å². The molecule has 0 aromatic carbocycles. The minimum atomic E-state index is -0.471. The lowest BCUT2D eigenvalue weighted by molar-refractivity contribution is 0.0520. The molecule has 0 unspecified atom stereocenters. The van der Waals surface area contributed by atoms with Crippen LogP contribution in [-0.4, -0.2) is 63.6 Å². The molecule has 1 aliphatic heterocycles. The molecule has 1 fully saturated rings. The highest BCUT2D eigenvalue weighted by Crippen LogP contribution is 2.23. The summed E-state index contributed by atoms with van der Waals surface area (Å²) < 4.78 is 12.4. The molecule has 29 heavy (non-hydrogen) atoms. The van der Waals surface area contributed by atoms with Crippen molar-refractivity contribution >= 4 is 22.8 Å². The minimum Gasteiger partial charge on any atom is -0.461 e. The zero-order valence-electron chi connectivity index (χ0n) is 16.9. The number of anilines is 1. The molecule has 4 heterocycles. The molecule has 0 bridgehead atoms. The van der Waals surface area contributed by atoms with Gasteiger partial charge in [0.15, 0.2) is 5.69 Å². The average molecular weight is 396 g/mol. The Morgan fingerprint density at radius 1 is 1.21 bits per heavy atom. The molecule has 0 radical (unpaired) electrons. The van der Waals surface area contributed by atoms with E-state index in [2.05, 4.69) is 25.0 Å². The molecule has 3 aromatic heterocycles. The zero-order chi connectivity index (χ0) is 20.4. The van der Waals surface area contributed by atoms with E-state index in [9.17, 15) is 4.79 Å². The maximum Gasteiger partial charge on any atom is 0.361 e. The van der Waals surface area contributed by atoms with Crippen LogP contribution in [0.1, 0.15) is 34.2 Å². The van der Waals surface area contributed by atoms with Crippen LogP contribution in [-0.2, 0) is 16.0 Å². The minimum absolute atomic E-state index is 0.224. The summed E-state index contributed by atoms with van der Waals surface area (Å²) in [7, 11) is 0. The van der Waals surface area contributed by atoms with Crippen molar-refractivity contribution in [2.75, 3.05) is 37.8 Å². The van der Waals surface area contributed by atoms with Crippen molar-refractivity contribution in [2.24, 2.45) is 0 Å². The van der Waals surface area contributed by atoms with Crippen LogP contribution in [0.4, 0.5) is 5.82 Å². The number of aryl methyl sites for hydroxylation is 1. The molecule has 0 atom stereocenters. The number of esters is 1. The van der Waals surface area contributed by atoms with Gasteiger partial charge in [-0.2, -0.15) is 5.10 Å². The van der Waals surface area contributed by atoms with Gasteiger partial charge in [0, 0.05) is 24.8 Å². The van der Waals surface area contributed by atoms with E-state index in [0.29, 0.717) is 25.3 Å². The van der Waals surface area contributed by atoms with Gasteiger partial charge in [0.2, 0.25) is 0 Å². The fourth-order valence-electron chi connectivity index (χ4n) is 3.48. The van der Waals surface area contributed by atoms with Crippen molar-refractivity contribution in [3.63, 3.8) is 0 Å². The Balaban J connectivity index is 1.73. The van der Waals surface area contributed by atoms with Crippen molar-refractivity contribution in [3.05, 3.63) is 41.1 Å². The number of aromatic nitrogens is 5. The van der Waals surface area contributed by atoms with E-state index in [1.54, 1.807) is 24.1 Å². The Labute approximate surface area is 168 Å². The maximum atomic E-state index is 12.4. The highest BCUT2D eigenvalue weighted by molar-refractivity contribution is 6.00. The Bertz CT molecular complexity index is 1040. The number of nitrogens with zero attached hydrogens (tertiary/aromatic N) is 6. The third kappa shape index (κ3) is 3.77. The van der Waals surface area contributed by atoms with Crippen molar-refractivity contribution in [1.29, 1.82) is 0 Å².